The van der Waals surface area contributed by atoms with Crippen LogP contribution in [-0.4, -0.2) is 13.0 Å². The molecule has 0 aliphatic heterocycles. The third-order valence-corrected chi connectivity index (χ3v) is 3.14. The third-order valence-electron chi connectivity index (χ3n) is 3.14. The van der Waals surface area contributed by atoms with E-state index in [9.17, 15) is 4.79 Å². The van der Waals surface area contributed by atoms with E-state index in [1.165, 1.54) is 11.1 Å². The van der Waals surface area contributed by atoms with Crippen molar-refractivity contribution in [3.63, 3.8) is 0 Å². The number of ether oxygens (including phenoxy) is 1. The predicted molar refractivity (Wildman–Crippen MR) is 81.1 cm³/mol. The molecule has 0 spiro atoms. The Morgan fingerprint density at radius 1 is 1.05 bits per heavy atom. The molecule has 0 bridgehead atoms. The lowest BCUT2D eigenvalue weighted by molar-refractivity contribution is -0.116. The lowest BCUT2D eigenvalue weighted by Crippen LogP contribution is -2.12. The summed E-state index contributed by atoms with van der Waals surface area (Å²) in [5.41, 5.74) is 3.21. The second kappa shape index (κ2) is 6.75. The first kappa shape index (κ1) is 14.1. The highest BCUT2D eigenvalue weighted by Gasteiger charge is 2.03. The van der Waals surface area contributed by atoms with Gasteiger partial charge in [-0.25, -0.2) is 0 Å². The van der Waals surface area contributed by atoms with Crippen molar-refractivity contribution in [2.75, 3.05) is 12.4 Å². The van der Waals surface area contributed by atoms with Gasteiger partial charge in [-0.15, -0.1) is 0 Å². The highest BCUT2D eigenvalue weighted by atomic mass is 16.5. The van der Waals surface area contributed by atoms with Crippen LogP contribution in [0.5, 0.6) is 5.75 Å². The van der Waals surface area contributed by atoms with Crippen LogP contribution < -0.4 is 10.1 Å². The number of amides is 1. The Bertz CT molecular complexity index is 559. The minimum Gasteiger partial charge on any atom is -0.497 e. The van der Waals surface area contributed by atoms with Gasteiger partial charge in [-0.2, -0.15) is 0 Å². The van der Waals surface area contributed by atoms with Crippen molar-refractivity contribution in [2.24, 2.45) is 0 Å². The number of carbonyl (C=O) groups excluding carboxylic acids is 1. The predicted octanol–water partition coefficient (Wildman–Crippen LogP) is 3.57. The van der Waals surface area contributed by atoms with Gasteiger partial charge in [-0.3, -0.25) is 4.79 Å². The topological polar surface area (TPSA) is 38.3 Å². The normalized spacial score (nSPS) is 10.1. The van der Waals surface area contributed by atoms with E-state index in [1.54, 1.807) is 7.11 Å². The third kappa shape index (κ3) is 4.12. The summed E-state index contributed by atoms with van der Waals surface area (Å²) >= 11 is 0. The average molecular weight is 269 g/mol. The summed E-state index contributed by atoms with van der Waals surface area (Å²) in [6.07, 6.45) is 1.23. The SMILES string of the molecule is COc1ccc(NC(=O)CCc2ccc(C)cc2)cc1. The highest BCUT2D eigenvalue weighted by molar-refractivity contribution is 5.90. The van der Waals surface area contributed by atoms with E-state index in [0.29, 0.717) is 6.42 Å². The van der Waals surface area contributed by atoms with Gasteiger partial charge < -0.3 is 10.1 Å². The van der Waals surface area contributed by atoms with Gasteiger partial charge in [0.1, 0.15) is 5.75 Å². The lowest BCUT2D eigenvalue weighted by atomic mass is 10.1. The van der Waals surface area contributed by atoms with Crippen molar-refractivity contribution < 1.29 is 9.53 Å². The van der Waals surface area contributed by atoms with Crippen LogP contribution in [-0.2, 0) is 11.2 Å². The Balaban J connectivity index is 1.84. The fraction of sp³-hybridized carbons (Fsp3) is 0.235. The Morgan fingerprint density at radius 2 is 1.70 bits per heavy atom. The van der Waals surface area contributed by atoms with Gasteiger partial charge in [0.15, 0.2) is 0 Å². The summed E-state index contributed by atoms with van der Waals surface area (Å²) in [4.78, 5) is 11.9. The van der Waals surface area contributed by atoms with Crippen molar-refractivity contribution >= 4 is 11.6 Å². The Labute approximate surface area is 119 Å². The Hall–Kier alpha value is -2.29. The Kier molecular flexibility index (Phi) is 4.77. The molecule has 3 heteroatoms. The molecule has 2 aromatic rings. The monoisotopic (exact) mass is 269 g/mol. The van der Waals surface area contributed by atoms with Crippen LogP contribution in [0.3, 0.4) is 0 Å². The molecule has 1 amide bonds. The lowest BCUT2D eigenvalue weighted by Gasteiger charge is -2.06. The molecular weight excluding hydrogens is 250 g/mol. The molecular formula is C17H19NO2. The molecule has 0 heterocycles. The summed E-state index contributed by atoms with van der Waals surface area (Å²) in [6, 6.07) is 15.6. The fourth-order valence-electron chi connectivity index (χ4n) is 1.91. The number of methoxy groups -OCH3 is 1. The maximum Gasteiger partial charge on any atom is 0.224 e. The van der Waals surface area contributed by atoms with E-state index >= 15 is 0 Å². The van der Waals surface area contributed by atoms with Crippen LogP contribution in [0.15, 0.2) is 48.5 Å². The average Bonchev–Trinajstić information content (AvgIpc) is 2.47. The molecule has 0 aromatic heterocycles. The van der Waals surface area contributed by atoms with Crippen LogP contribution in [0.25, 0.3) is 0 Å². The van der Waals surface area contributed by atoms with Gasteiger partial charge in [0.05, 0.1) is 7.11 Å². The zero-order valence-electron chi connectivity index (χ0n) is 11.8. The first-order valence-corrected chi connectivity index (χ1v) is 6.67. The standard InChI is InChI=1S/C17H19NO2/c1-13-3-5-14(6-4-13)7-12-17(19)18-15-8-10-16(20-2)11-9-15/h3-6,8-11H,7,12H2,1-2H3,(H,18,19). The minimum atomic E-state index is 0.0238. The van der Waals surface area contributed by atoms with Crippen molar-refractivity contribution in [2.45, 2.75) is 19.8 Å². The highest BCUT2D eigenvalue weighted by Crippen LogP contribution is 2.15. The maximum atomic E-state index is 11.9. The van der Waals surface area contributed by atoms with Gasteiger partial charge >= 0.3 is 0 Å². The maximum absolute atomic E-state index is 11.9. The van der Waals surface area contributed by atoms with Crippen molar-refractivity contribution in [3.8, 4) is 5.75 Å². The molecule has 0 radical (unpaired) electrons. The van der Waals surface area contributed by atoms with Gasteiger partial charge in [0.25, 0.3) is 0 Å². The van der Waals surface area contributed by atoms with Crippen LogP contribution >= 0.6 is 0 Å². The van der Waals surface area contributed by atoms with Gasteiger partial charge in [0, 0.05) is 12.1 Å². The molecule has 0 aliphatic rings. The molecule has 0 unspecified atom stereocenters. The molecule has 0 aliphatic carbocycles. The van der Waals surface area contributed by atoms with Gasteiger partial charge in [0.2, 0.25) is 5.91 Å². The molecule has 0 atom stereocenters. The van der Waals surface area contributed by atoms with Crippen LogP contribution in [0, 0.1) is 6.92 Å². The van der Waals surface area contributed by atoms with E-state index in [1.807, 2.05) is 24.3 Å². The molecule has 2 aromatic carbocycles. The first-order chi connectivity index (χ1) is 9.67. The number of aryl methyl sites for hydroxylation is 2. The van der Waals surface area contributed by atoms with Crippen LogP contribution in [0.2, 0.25) is 0 Å². The summed E-state index contributed by atoms with van der Waals surface area (Å²) in [5.74, 6) is 0.804. The Morgan fingerprint density at radius 3 is 2.30 bits per heavy atom. The van der Waals surface area contributed by atoms with E-state index in [4.69, 9.17) is 4.74 Å². The number of nitrogens with one attached hydrogen (secondary N) is 1. The van der Waals surface area contributed by atoms with E-state index in [2.05, 4.69) is 36.5 Å². The molecule has 2 rings (SSSR count). The molecule has 0 fully saturated rings. The number of benzene rings is 2. The number of rotatable bonds is 5. The summed E-state index contributed by atoms with van der Waals surface area (Å²) in [5, 5.41) is 2.88. The first-order valence-electron chi connectivity index (χ1n) is 6.67. The summed E-state index contributed by atoms with van der Waals surface area (Å²) in [6.45, 7) is 2.06. The number of hydrogen-bond acceptors (Lipinski definition) is 2. The van der Waals surface area contributed by atoms with E-state index in [-0.39, 0.29) is 5.91 Å². The fourth-order valence-corrected chi connectivity index (χ4v) is 1.91. The molecule has 3 nitrogen and oxygen atoms in total. The smallest absolute Gasteiger partial charge is 0.224 e. The van der Waals surface area contributed by atoms with Crippen molar-refractivity contribution in [3.05, 3.63) is 59.7 Å². The molecule has 0 saturated carbocycles. The summed E-state index contributed by atoms with van der Waals surface area (Å²) in [7, 11) is 1.62. The van der Waals surface area contributed by atoms with E-state index < -0.39 is 0 Å². The largest absolute Gasteiger partial charge is 0.497 e. The van der Waals surface area contributed by atoms with Crippen LogP contribution in [0.4, 0.5) is 5.69 Å². The van der Waals surface area contributed by atoms with E-state index in [0.717, 1.165) is 17.9 Å². The van der Waals surface area contributed by atoms with Gasteiger partial charge in [-0.1, -0.05) is 29.8 Å². The second-order valence-electron chi connectivity index (χ2n) is 4.76. The number of hydrogen-bond donors (Lipinski definition) is 1. The number of anilines is 1. The molecule has 20 heavy (non-hydrogen) atoms. The molecule has 0 saturated heterocycles. The number of carbonyl (C=O) groups is 1. The zero-order valence-corrected chi connectivity index (χ0v) is 11.8. The zero-order chi connectivity index (χ0) is 14.4. The summed E-state index contributed by atoms with van der Waals surface area (Å²) < 4.78 is 5.08. The van der Waals surface area contributed by atoms with Crippen LogP contribution in [0.1, 0.15) is 17.5 Å². The molecule has 1 N–H and O–H groups in total. The van der Waals surface area contributed by atoms with Crippen molar-refractivity contribution in [1.82, 2.24) is 0 Å². The molecule has 104 valence electrons. The van der Waals surface area contributed by atoms with Gasteiger partial charge in [-0.05, 0) is 43.2 Å². The second-order valence-corrected chi connectivity index (χ2v) is 4.76. The quantitative estimate of drug-likeness (QED) is 0.901. The minimum absolute atomic E-state index is 0.0238. The van der Waals surface area contributed by atoms with Crippen molar-refractivity contribution in [1.29, 1.82) is 0 Å².